The molecular weight excluding hydrogens is 239 g/mol. The number of ether oxygens (including phenoxy) is 1. The molecule has 0 saturated heterocycles. The first-order valence-corrected chi connectivity index (χ1v) is 4.87. The van der Waals surface area contributed by atoms with Gasteiger partial charge in [0.25, 0.3) is 0 Å². The third kappa shape index (κ3) is 5.39. The van der Waals surface area contributed by atoms with E-state index in [4.69, 9.17) is 4.42 Å². The van der Waals surface area contributed by atoms with Crippen LogP contribution >= 0.6 is 0 Å². The number of carbonyl (C=O) groups excluding carboxylic acids is 1. The van der Waals surface area contributed by atoms with Gasteiger partial charge in [0.2, 0.25) is 5.91 Å². The van der Waals surface area contributed by atoms with Gasteiger partial charge < -0.3 is 14.5 Å². The van der Waals surface area contributed by atoms with Gasteiger partial charge in [-0.15, -0.1) is 0 Å². The Morgan fingerprint density at radius 3 is 2.82 bits per heavy atom. The van der Waals surface area contributed by atoms with Crippen molar-refractivity contribution in [3.05, 3.63) is 24.2 Å². The lowest BCUT2D eigenvalue weighted by molar-refractivity contribution is -0.185. The Morgan fingerprint density at radius 2 is 2.29 bits per heavy atom. The molecule has 0 aliphatic heterocycles. The predicted octanol–water partition coefficient (Wildman–Crippen LogP) is 1.86. The van der Waals surface area contributed by atoms with E-state index in [1.54, 1.807) is 12.1 Å². The summed E-state index contributed by atoms with van der Waals surface area (Å²) < 4.78 is 44.8. The van der Waals surface area contributed by atoms with Crippen molar-refractivity contribution in [1.29, 1.82) is 0 Å². The van der Waals surface area contributed by atoms with E-state index < -0.39 is 24.8 Å². The molecule has 1 amide bonds. The molecule has 4 nitrogen and oxygen atoms in total. The number of carbonyl (C=O) groups is 1. The van der Waals surface area contributed by atoms with Crippen LogP contribution in [-0.2, 0) is 16.1 Å². The number of amides is 1. The summed E-state index contributed by atoms with van der Waals surface area (Å²) in [5.74, 6) is -0.105. The summed E-state index contributed by atoms with van der Waals surface area (Å²) in [6.07, 6.45) is -4.16. The second-order valence-electron chi connectivity index (χ2n) is 3.37. The van der Waals surface area contributed by atoms with Crippen LogP contribution in [-0.4, -0.2) is 24.8 Å². The van der Waals surface area contributed by atoms with Crippen molar-refractivity contribution in [2.75, 3.05) is 6.61 Å². The average Bonchev–Trinajstić information content (AvgIpc) is 2.74. The molecule has 0 aliphatic carbocycles. The monoisotopic (exact) mass is 251 g/mol. The third-order valence-electron chi connectivity index (χ3n) is 1.88. The van der Waals surface area contributed by atoms with E-state index in [-0.39, 0.29) is 6.54 Å². The zero-order valence-electron chi connectivity index (χ0n) is 9.08. The van der Waals surface area contributed by atoms with E-state index in [2.05, 4.69) is 10.1 Å². The Morgan fingerprint density at radius 1 is 1.59 bits per heavy atom. The Bertz CT molecular complexity index is 348. The smallest absolute Gasteiger partial charge is 0.411 e. The van der Waals surface area contributed by atoms with Gasteiger partial charge in [-0.25, -0.2) is 0 Å². The number of rotatable bonds is 5. The van der Waals surface area contributed by atoms with Crippen LogP contribution in [0.2, 0.25) is 0 Å². The number of furan rings is 1. The normalized spacial score (nSPS) is 13.4. The summed E-state index contributed by atoms with van der Waals surface area (Å²) >= 11 is 0. The van der Waals surface area contributed by atoms with Gasteiger partial charge in [0.15, 0.2) is 0 Å². The summed E-state index contributed by atoms with van der Waals surface area (Å²) in [5.41, 5.74) is 0. The molecule has 1 unspecified atom stereocenters. The number of hydrogen-bond donors (Lipinski definition) is 1. The number of alkyl halides is 3. The van der Waals surface area contributed by atoms with Crippen molar-refractivity contribution < 1.29 is 27.1 Å². The second-order valence-corrected chi connectivity index (χ2v) is 3.37. The van der Waals surface area contributed by atoms with E-state index in [1.165, 1.54) is 13.2 Å². The largest absolute Gasteiger partial charge is 0.467 e. The van der Waals surface area contributed by atoms with Crippen molar-refractivity contribution in [2.45, 2.75) is 25.7 Å². The third-order valence-corrected chi connectivity index (χ3v) is 1.88. The fourth-order valence-electron chi connectivity index (χ4n) is 1.03. The number of hydrogen-bond acceptors (Lipinski definition) is 3. The lowest BCUT2D eigenvalue weighted by atomic mass is 10.3. The summed E-state index contributed by atoms with van der Waals surface area (Å²) in [7, 11) is 0. The summed E-state index contributed by atoms with van der Waals surface area (Å²) in [6, 6.07) is 3.28. The minimum atomic E-state index is -4.43. The molecule has 1 aromatic heterocycles. The summed E-state index contributed by atoms with van der Waals surface area (Å²) in [4.78, 5) is 11.3. The maximum atomic E-state index is 11.8. The molecule has 17 heavy (non-hydrogen) atoms. The molecule has 1 N–H and O–H groups in total. The van der Waals surface area contributed by atoms with Crippen LogP contribution in [0.4, 0.5) is 13.2 Å². The minimum absolute atomic E-state index is 0.117. The van der Waals surface area contributed by atoms with Crippen LogP contribution in [0.1, 0.15) is 12.7 Å². The van der Waals surface area contributed by atoms with Crippen molar-refractivity contribution in [1.82, 2.24) is 5.32 Å². The van der Waals surface area contributed by atoms with Gasteiger partial charge in [0, 0.05) is 0 Å². The highest BCUT2D eigenvalue weighted by Crippen LogP contribution is 2.15. The van der Waals surface area contributed by atoms with Gasteiger partial charge in [-0.3, -0.25) is 4.79 Å². The highest BCUT2D eigenvalue weighted by atomic mass is 19.4. The van der Waals surface area contributed by atoms with Crippen LogP contribution in [0.5, 0.6) is 0 Å². The van der Waals surface area contributed by atoms with Gasteiger partial charge in [-0.05, 0) is 19.1 Å². The Kier molecular flexibility index (Phi) is 4.56. The van der Waals surface area contributed by atoms with Crippen LogP contribution in [0.25, 0.3) is 0 Å². The van der Waals surface area contributed by atoms with Crippen molar-refractivity contribution in [2.24, 2.45) is 0 Å². The van der Waals surface area contributed by atoms with Gasteiger partial charge >= 0.3 is 6.18 Å². The van der Waals surface area contributed by atoms with Gasteiger partial charge in [0.05, 0.1) is 12.8 Å². The van der Waals surface area contributed by atoms with Crippen LogP contribution in [0.3, 0.4) is 0 Å². The molecule has 0 bridgehead atoms. The Balaban J connectivity index is 2.27. The van der Waals surface area contributed by atoms with Crippen LogP contribution in [0.15, 0.2) is 22.8 Å². The molecule has 0 spiro atoms. The highest BCUT2D eigenvalue weighted by molar-refractivity contribution is 5.80. The molecule has 1 atom stereocenters. The number of nitrogens with one attached hydrogen (secondary N) is 1. The first kappa shape index (κ1) is 13.6. The summed E-state index contributed by atoms with van der Waals surface area (Å²) in [5, 5.41) is 2.40. The molecular formula is C10H12F3NO3. The van der Waals surface area contributed by atoms with Crippen molar-refractivity contribution in [3.63, 3.8) is 0 Å². The minimum Gasteiger partial charge on any atom is -0.467 e. The molecule has 0 saturated carbocycles. The average molecular weight is 251 g/mol. The van der Waals surface area contributed by atoms with Crippen LogP contribution < -0.4 is 5.32 Å². The maximum Gasteiger partial charge on any atom is 0.411 e. The first-order chi connectivity index (χ1) is 7.88. The van der Waals surface area contributed by atoms with E-state index in [9.17, 15) is 18.0 Å². The van der Waals surface area contributed by atoms with Gasteiger partial charge in [0.1, 0.15) is 18.5 Å². The highest BCUT2D eigenvalue weighted by Gasteiger charge is 2.29. The van der Waals surface area contributed by atoms with Crippen molar-refractivity contribution in [3.8, 4) is 0 Å². The lowest BCUT2D eigenvalue weighted by Crippen LogP contribution is -2.36. The Hall–Kier alpha value is -1.50. The van der Waals surface area contributed by atoms with E-state index in [0.717, 1.165) is 0 Å². The molecule has 1 heterocycles. The fraction of sp³-hybridized carbons (Fsp3) is 0.500. The molecule has 0 aromatic carbocycles. The molecule has 96 valence electrons. The molecule has 1 aromatic rings. The quantitative estimate of drug-likeness (QED) is 0.869. The van der Waals surface area contributed by atoms with Crippen molar-refractivity contribution >= 4 is 5.91 Å². The van der Waals surface area contributed by atoms with E-state index in [0.29, 0.717) is 5.76 Å². The van der Waals surface area contributed by atoms with E-state index >= 15 is 0 Å². The number of halogens is 3. The Labute approximate surface area is 95.7 Å². The van der Waals surface area contributed by atoms with Gasteiger partial charge in [-0.1, -0.05) is 0 Å². The molecule has 1 rings (SSSR count). The second kappa shape index (κ2) is 5.72. The fourth-order valence-corrected chi connectivity index (χ4v) is 1.03. The summed E-state index contributed by atoms with van der Waals surface area (Å²) in [6.45, 7) is -0.0723. The predicted molar refractivity (Wildman–Crippen MR) is 52.0 cm³/mol. The molecule has 7 heteroatoms. The first-order valence-electron chi connectivity index (χ1n) is 4.87. The molecule has 0 aliphatic rings. The van der Waals surface area contributed by atoms with Gasteiger partial charge in [-0.2, -0.15) is 13.2 Å². The zero-order valence-corrected chi connectivity index (χ0v) is 9.08. The topological polar surface area (TPSA) is 51.5 Å². The maximum absolute atomic E-state index is 11.8. The SMILES string of the molecule is CC(OCC(F)(F)F)C(=O)NCc1ccco1. The van der Waals surface area contributed by atoms with Crippen LogP contribution in [0, 0.1) is 0 Å². The standard InChI is InChI=1S/C10H12F3NO3/c1-7(17-6-10(11,12)13)9(15)14-5-8-3-2-4-16-8/h2-4,7H,5-6H2,1H3,(H,14,15). The molecule has 0 radical (unpaired) electrons. The lowest BCUT2D eigenvalue weighted by Gasteiger charge is -2.14. The zero-order chi connectivity index (χ0) is 12.9. The van der Waals surface area contributed by atoms with E-state index in [1.807, 2.05) is 0 Å². The molecule has 0 fully saturated rings.